The zero-order valence-corrected chi connectivity index (χ0v) is 12.4. The highest BCUT2D eigenvalue weighted by atomic mass is 16.5. The van der Waals surface area contributed by atoms with Crippen LogP contribution in [-0.4, -0.2) is 25.7 Å². The number of benzene rings is 1. The van der Waals surface area contributed by atoms with E-state index in [9.17, 15) is 4.79 Å². The van der Waals surface area contributed by atoms with E-state index < -0.39 is 6.04 Å². The summed E-state index contributed by atoms with van der Waals surface area (Å²) in [6.45, 7) is 2.62. The van der Waals surface area contributed by atoms with Crippen LogP contribution < -0.4 is 10.5 Å². The number of methoxy groups -OCH3 is 1. The van der Waals surface area contributed by atoms with E-state index in [1.165, 1.54) is 12.8 Å². The quantitative estimate of drug-likeness (QED) is 0.557. The average molecular weight is 279 g/mol. The van der Waals surface area contributed by atoms with Crippen LogP contribution in [0.2, 0.25) is 0 Å². The van der Waals surface area contributed by atoms with Gasteiger partial charge >= 0.3 is 5.97 Å². The maximum Gasteiger partial charge on any atom is 0.323 e. The SMILES string of the molecule is CCCCCCOC(=O)[C@H](N)Cc1ccc(OC)cc1. The van der Waals surface area contributed by atoms with E-state index in [0.717, 1.165) is 24.2 Å². The predicted molar refractivity (Wildman–Crippen MR) is 79.8 cm³/mol. The first-order chi connectivity index (χ1) is 9.67. The molecule has 1 aromatic carbocycles. The van der Waals surface area contributed by atoms with Crippen molar-refractivity contribution in [2.75, 3.05) is 13.7 Å². The Kier molecular flexibility index (Phi) is 7.73. The smallest absolute Gasteiger partial charge is 0.323 e. The number of carbonyl (C=O) groups excluding carboxylic acids is 1. The highest BCUT2D eigenvalue weighted by molar-refractivity contribution is 5.75. The molecule has 0 radical (unpaired) electrons. The van der Waals surface area contributed by atoms with Crippen molar-refractivity contribution in [1.82, 2.24) is 0 Å². The van der Waals surface area contributed by atoms with Gasteiger partial charge in [-0.15, -0.1) is 0 Å². The van der Waals surface area contributed by atoms with Gasteiger partial charge in [0, 0.05) is 0 Å². The molecule has 0 aliphatic rings. The molecular weight excluding hydrogens is 254 g/mol. The van der Waals surface area contributed by atoms with Gasteiger partial charge in [0.2, 0.25) is 0 Å². The third-order valence-electron chi connectivity index (χ3n) is 3.16. The summed E-state index contributed by atoms with van der Waals surface area (Å²) in [5.74, 6) is 0.470. The van der Waals surface area contributed by atoms with Crippen LogP contribution in [0.4, 0.5) is 0 Å². The zero-order valence-electron chi connectivity index (χ0n) is 12.4. The number of rotatable bonds is 9. The Morgan fingerprint density at radius 2 is 1.90 bits per heavy atom. The largest absolute Gasteiger partial charge is 0.497 e. The van der Waals surface area contributed by atoms with Crippen LogP contribution in [0.25, 0.3) is 0 Å². The lowest BCUT2D eigenvalue weighted by atomic mass is 10.1. The fourth-order valence-electron chi connectivity index (χ4n) is 1.91. The van der Waals surface area contributed by atoms with Gasteiger partial charge in [0.25, 0.3) is 0 Å². The molecule has 2 N–H and O–H groups in total. The topological polar surface area (TPSA) is 61.5 Å². The monoisotopic (exact) mass is 279 g/mol. The molecule has 0 fully saturated rings. The van der Waals surface area contributed by atoms with Crippen molar-refractivity contribution in [2.24, 2.45) is 5.73 Å². The summed E-state index contributed by atoms with van der Waals surface area (Å²) >= 11 is 0. The van der Waals surface area contributed by atoms with Crippen LogP contribution in [0, 0.1) is 0 Å². The molecule has 1 rings (SSSR count). The van der Waals surface area contributed by atoms with Gasteiger partial charge in [0.1, 0.15) is 11.8 Å². The van der Waals surface area contributed by atoms with E-state index in [0.29, 0.717) is 13.0 Å². The fourth-order valence-corrected chi connectivity index (χ4v) is 1.91. The second-order valence-corrected chi connectivity index (χ2v) is 4.89. The Hall–Kier alpha value is -1.55. The average Bonchev–Trinajstić information content (AvgIpc) is 2.47. The summed E-state index contributed by atoms with van der Waals surface area (Å²) in [6.07, 6.45) is 4.84. The Morgan fingerprint density at radius 1 is 1.20 bits per heavy atom. The molecule has 0 aliphatic heterocycles. The molecule has 0 spiro atoms. The first-order valence-corrected chi connectivity index (χ1v) is 7.22. The van der Waals surface area contributed by atoms with Gasteiger partial charge in [0.15, 0.2) is 0 Å². The van der Waals surface area contributed by atoms with Crippen molar-refractivity contribution in [3.8, 4) is 5.75 Å². The standard InChI is InChI=1S/C16H25NO3/c1-3-4-5-6-11-20-16(18)15(17)12-13-7-9-14(19-2)10-8-13/h7-10,15H,3-6,11-12,17H2,1-2H3/t15-/m1/s1. The van der Waals surface area contributed by atoms with Crippen LogP contribution in [0.5, 0.6) is 5.75 Å². The van der Waals surface area contributed by atoms with Crippen molar-refractivity contribution < 1.29 is 14.3 Å². The minimum absolute atomic E-state index is 0.322. The summed E-state index contributed by atoms with van der Waals surface area (Å²) in [5.41, 5.74) is 6.86. The van der Waals surface area contributed by atoms with Gasteiger partial charge in [-0.05, 0) is 30.5 Å². The Labute approximate surface area is 121 Å². The molecule has 20 heavy (non-hydrogen) atoms. The molecule has 4 heteroatoms. The Morgan fingerprint density at radius 3 is 2.50 bits per heavy atom. The Bertz CT molecular complexity index is 389. The second kappa shape index (κ2) is 9.37. The summed E-state index contributed by atoms with van der Waals surface area (Å²) < 4.78 is 10.3. The molecule has 0 unspecified atom stereocenters. The van der Waals surface area contributed by atoms with Crippen LogP contribution in [-0.2, 0) is 16.0 Å². The maximum absolute atomic E-state index is 11.7. The molecule has 0 aliphatic carbocycles. The van der Waals surface area contributed by atoms with Crippen LogP contribution in [0.3, 0.4) is 0 Å². The summed E-state index contributed by atoms with van der Waals surface area (Å²) in [7, 11) is 1.62. The molecular formula is C16H25NO3. The third-order valence-corrected chi connectivity index (χ3v) is 3.16. The minimum Gasteiger partial charge on any atom is -0.497 e. The fraction of sp³-hybridized carbons (Fsp3) is 0.562. The van der Waals surface area contributed by atoms with Gasteiger partial charge in [0.05, 0.1) is 13.7 Å². The molecule has 0 saturated heterocycles. The maximum atomic E-state index is 11.7. The zero-order chi connectivity index (χ0) is 14.8. The first kappa shape index (κ1) is 16.5. The number of hydrogen-bond acceptors (Lipinski definition) is 4. The van der Waals surface area contributed by atoms with Crippen molar-refractivity contribution in [1.29, 1.82) is 0 Å². The van der Waals surface area contributed by atoms with Gasteiger partial charge in [-0.2, -0.15) is 0 Å². The molecule has 0 aromatic heterocycles. The molecule has 4 nitrogen and oxygen atoms in total. The number of carbonyl (C=O) groups is 1. The predicted octanol–water partition coefficient (Wildman–Crippen LogP) is 2.69. The van der Waals surface area contributed by atoms with Gasteiger partial charge in [-0.25, -0.2) is 0 Å². The second-order valence-electron chi connectivity index (χ2n) is 4.89. The van der Waals surface area contributed by atoms with Crippen LogP contribution in [0.1, 0.15) is 38.2 Å². The van der Waals surface area contributed by atoms with E-state index in [1.807, 2.05) is 24.3 Å². The highest BCUT2D eigenvalue weighted by Crippen LogP contribution is 2.12. The lowest BCUT2D eigenvalue weighted by Crippen LogP contribution is -2.34. The Balaban J connectivity index is 2.29. The number of unbranched alkanes of at least 4 members (excludes halogenated alkanes) is 3. The van der Waals surface area contributed by atoms with Crippen LogP contribution in [0.15, 0.2) is 24.3 Å². The molecule has 112 valence electrons. The number of esters is 1. The van der Waals surface area contributed by atoms with Crippen LogP contribution >= 0.6 is 0 Å². The van der Waals surface area contributed by atoms with Crippen molar-refractivity contribution in [3.05, 3.63) is 29.8 Å². The molecule has 0 amide bonds. The first-order valence-electron chi connectivity index (χ1n) is 7.22. The van der Waals surface area contributed by atoms with Crippen molar-refractivity contribution in [2.45, 2.75) is 45.1 Å². The van der Waals surface area contributed by atoms with Gasteiger partial charge in [-0.1, -0.05) is 38.3 Å². The summed E-state index contributed by atoms with van der Waals surface area (Å²) in [5, 5.41) is 0. The third kappa shape index (κ3) is 6.06. The molecule has 0 bridgehead atoms. The molecule has 0 saturated carbocycles. The highest BCUT2D eigenvalue weighted by Gasteiger charge is 2.15. The number of ether oxygens (including phenoxy) is 2. The minimum atomic E-state index is -0.602. The molecule has 1 atom stereocenters. The normalized spacial score (nSPS) is 11.9. The van der Waals surface area contributed by atoms with Gasteiger partial charge < -0.3 is 15.2 Å². The summed E-state index contributed by atoms with van der Waals surface area (Å²) in [6, 6.07) is 6.94. The van der Waals surface area contributed by atoms with E-state index >= 15 is 0 Å². The molecule has 0 heterocycles. The molecule has 1 aromatic rings. The number of nitrogens with two attached hydrogens (primary N) is 1. The summed E-state index contributed by atoms with van der Waals surface area (Å²) in [4.78, 5) is 11.7. The van der Waals surface area contributed by atoms with Crippen molar-refractivity contribution >= 4 is 5.97 Å². The van der Waals surface area contributed by atoms with E-state index in [2.05, 4.69) is 6.92 Å². The lowest BCUT2D eigenvalue weighted by molar-refractivity contribution is -0.145. The van der Waals surface area contributed by atoms with Gasteiger partial charge in [-0.3, -0.25) is 4.79 Å². The van der Waals surface area contributed by atoms with Crippen molar-refractivity contribution in [3.63, 3.8) is 0 Å². The lowest BCUT2D eigenvalue weighted by Gasteiger charge is -2.12. The number of hydrogen-bond donors (Lipinski definition) is 1. The van der Waals surface area contributed by atoms with E-state index in [4.69, 9.17) is 15.2 Å². The van der Waals surface area contributed by atoms with E-state index in [1.54, 1.807) is 7.11 Å². The van der Waals surface area contributed by atoms with E-state index in [-0.39, 0.29) is 5.97 Å².